The van der Waals surface area contributed by atoms with E-state index < -0.39 is 35.6 Å². The quantitative estimate of drug-likeness (QED) is 0.371. The van der Waals surface area contributed by atoms with Crippen molar-refractivity contribution in [3.8, 4) is 0 Å². The number of aliphatic hydroxyl groups excluding tert-OH is 2. The van der Waals surface area contributed by atoms with E-state index in [2.05, 4.69) is 18.0 Å². The van der Waals surface area contributed by atoms with Crippen molar-refractivity contribution in [1.29, 1.82) is 0 Å². The zero-order chi connectivity index (χ0) is 27.0. The van der Waals surface area contributed by atoms with E-state index in [4.69, 9.17) is 4.74 Å². The molecule has 0 unspecified atom stereocenters. The molecule has 7 heteroatoms. The van der Waals surface area contributed by atoms with Crippen molar-refractivity contribution in [3.63, 3.8) is 0 Å². The van der Waals surface area contributed by atoms with Gasteiger partial charge in [0.05, 0.1) is 34.7 Å². The Hall–Kier alpha value is -1.83. The van der Waals surface area contributed by atoms with Crippen LogP contribution in [0, 0.1) is 24.2 Å². The van der Waals surface area contributed by atoms with Gasteiger partial charge in [-0.2, -0.15) is 0 Å². The summed E-state index contributed by atoms with van der Waals surface area (Å²) in [4.78, 5) is 31.0. The first-order valence-electron chi connectivity index (χ1n) is 13.2. The first kappa shape index (κ1) is 30.4. The maximum Gasteiger partial charge on any atom is 0.309 e. The van der Waals surface area contributed by atoms with Gasteiger partial charge in [0.1, 0.15) is 11.9 Å². The molecule has 0 saturated carbocycles. The zero-order valence-corrected chi connectivity index (χ0v) is 23.9. The third-order valence-electron chi connectivity index (χ3n) is 7.46. The second-order valence-electron chi connectivity index (χ2n) is 11.0. The molecule has 0 aliphatic carbocycles. The van der Waals surface area contributed by atoms with Gasteiger partial charge in [-0.1, -0.05) is 45.8 Å². The van der Waals surface area contributed by atoms with Crippen LogP contribution >= 0.6 is 11.3 Å². The number of ketones is 1. The number of aryl methyl sites for hydroxylation is 1. The lowest BCUT2D eigenvalue weighted by molar-refractivity contribution is -0.154. The molecule has 2 heterocycles. The smallest absolute Gasteiger partial charge is 0.309 e. The van der Waals surface area contributed by atoms with Gasteiger partial charge in [0, 0.05) is 17.7 Å². The standard InChI is InChI=1S/C29H45NO5S/c1-8-10-23-27(33)19(3)12-9-11-18(2)13-14-24(20(4)15-22-17-36-21(5)30-22)35-26(32)16-25(31)29(6,7)28(23)34/h13,15,17,19,23-25,27,31,33H,8-12,14,16H2,1-7H3/b18-13?,20-15+/t19-,23+,24-,25-,27-/m0/s1. The molecule has 1 aromatic heterocycles. The van der Waals surface area contributed by atoms with E-state index in [0.29, 0.717) is 12.8 Å². The minimum absolute atomic E-state index is 0.0383. The van der Waals surface area contributed by atoms with Crippen molar-refractivity contribution in [3.05, 3.63) is 33.3 Å². The normalized spacial score (nSPS) is 29.5. The monoisotopic (exact) mass is 519 g/mol. The number of nitrogens with zero attached hydrogens (tertiary/aromatic N) is 1. The average molecular weight is 520 g/mol. The van der Waals surface area contributed by atoms with Crippen LogP contribution in [-0.4, -0.2) is 45.3 Å². The number of ether oxygens (including phenoxy) is 1. The molecule has 0 amide bonds. The summed E-state index contributed by atoms with van der Waals surface area (Å²) in [6, 6.07) is 0. The molecule has 1 aliphatic rings. The summed E-state index contributed by atoms with van der Waals surface area (Å²) in [5, 5.41) is 25.0. The number of hydrogen-bond acceptors (Lipinski definition) is 7. The fourth-order valence-electron chi connectivity index (χ4n) is 4.81. The molecule has 6 nitrogen and oxygen atoms in total. The molecular weight excluding hydrogens is 474 g/mol. The zero-order valence-electron chi connectivity index (χ0n) is 23.0. The highest BCUT2D eigenvalue weighted by molar-refractivity contribution is 7.09. The van der Waals surface area contributed by atoms with Crippen LogP contribution < -0.4 is 0 Å². The summed E-state index contributed by atoms with van der Waals surface area (Å²) in [6.07, 6.45) is 5.70. The lowest BCUT2D eigenvalue weighted by Gasteiger charge is -2.36. The van der Waals surface area contributed by atoms with Crippen LogP contribution in [0.2, 0.25) is 0 Å². The number of aliphatic hydroxyl groups is 2. The molecule has 2 rings (SSSR count). The van der Waals surface area contributed by atoms with E-state index in [1.807, 2.05) is 39.2 Å². The Morgan fingerprint density at radius 2 is 1.97 bits per heavy atom. The first-order valence-corrected chi connectivity index (χ1v) is 14.1. The first-order chi connectivity index (χ1) is 16.9. The van der Waals surface area contributed by atoms with Crippen LogP contribution in [0.1, 0.15) is 97.2 Å². The predicted octanol–water partition coefficient (Wildman–Crippen LogP) is 6.05. The topological polar surface area (TPSA) is 96.7 Å². The number of esters is 1. The fraction of sp³-hybridized carbons (Fsp3) is 0.690. The summed E-state index contributed by atoms with van der Waals surface area (Å²) in [5.41, 5.74) is 1.72. The number of carbonyl (C=O) groups is 2. The predicted molar refractivity (Wildman–Crippen MR) is 146 cm³/mol. The number of aromatic nitrogens is 1. The van der Waals surface area contributed by atoms with Gasteiger partial charge in [0.2, 0.25) is 0 Å². The second kappa shape index (κ2) is 13.6. The Morgan fingerprint density at radius 3 is 2.58 bits per heavy atom. The van der Waals surface area contributed by atoms with E-state index in [1.54, 1.807) is 25.2 Å². The summed E-state index contributed by atoms with van der Waals surface area (Å²) < 4.78 is 5.86. The van der Waals surface area contributed by atoms with Gasteiger partial charge in [-0.3, -0.25) is 9.59 Å². The molecule has 0 spiro atoms. The molecule has 0 saturated heterocycles. The third kappa shape index (κ3) is 8.35. The maximum absolute atomic E-state index is 13.6. The van der Waals surface area contributed by atoms with Gasteiger partial charge >= 0.3 is 5.97 Å². The van der Waals surface area contributed by atoms with Crippen molar-refractivity contribution in [1.82, 2.24) is 4.98 Å². The number of Topliss-reactive ketones (excluding diaryl/α,β-unsaturated/α-hetero) is 1. The van der Waals surface area contributed by atoms with Gasteiger partial charge in [-0.05, 0) is 64.0 Å². The Morgan fingerprint density at radius 1 is 1.28 bits per heavy atom. The SMILES string of the molecule is CCC[C@H]1C(=O)C(C)(C)[C@@H](O)CC(=O)O[C@H](/C(C)=C/c2csc(C)n2)CC=C(C)CCC[C@H](C)[C@@H]1O. The Labute approximate surface area is 220 Å². The highest BCUT2D eigenvalue weighted by atomic mass is 32.1. The van der Waals surface area contributed by atoms with Crippen molar-refractivity contribution in [2.75, 3.05) is 0 Å². The van der Waals surface area contributed by atoms with E-state index in [0.717, 1.165) is 42.0 Å². The van der Waals surface area contributed by atoms with Crippen LogP contribution in [0.15, 0.2) is 22.6 Å². The third-order valence-corrected chi connectivity index (χ3v) is 8.26. The molecule has 2 N–H and O–H groups in total. The lowest BCUT2D eigenvalue weighted by atomic mass is 9.71. The molecule has 1 aromatic rings. The van der Waals surface area contributed by atoms with E-state index >= 15 is 0 Å². The molecule has 0 radical (unpaired) electrons. The van der Waals surface area contributed by atoms with Gasteiger partial charge in [0.25, 0.3) is 0 Å². The Bertz CT molecular complexity index is 947. The van der Waals surface area contributed by atoms with Crippen LogP contribution in [0.25, 0.3) is 6.08 Å². The van der Waals surface area contributed by atoms with Crippen LogP contribution in [0.4, 0.5) is 0 Å². The van der Waals surface area contributed by atoms with Crippen LogP contribution in [-0.2, 0) is 14.3 Å². The Balaban J connectivity index is 2.36. The average Bonchev–Trinajstić information content (AvgIpc) is 3.22. The van der Waals surface area contributed by atoms with Gasteiger partial charge < -0.3 is 14.9 Å². The van der Waals surface area contributed by atoms with Crippen molar-refractivity contribution in [2.45, 2.75) is 112 Å². The summed E-state index contributed by atoms with van der Waals surface area (Å²) in [5.74, 6) is -1.35. The highest BCUT2D eigenvalue weighted by Crippen LogP contribution is 2.34. The minimum atomic E-state index is -1.21. The molecule has 0 bridgehead atoms. The van der Waals surface area contributed by atoms with Gasteiger partial charge in [0.15, 0.2) is 0 Å². The summed E-state index contributed by atoms with van der Waals surface area (Å²) >= 11 is 1.57. The maximum atomic E-state index is 13.6. The number of allylic oxidation sites excluding steroid dienone is 1. The van der Waals surface area contributed by atoms with Crippen LogP contribution in [0.3, 0.4) is 0 Å². The largest absolute Gasteiger partial charge is 0.457 e. The molecule has 0 fully saturated rings. The van der Waals surface area contributed by atoms with E-state index in [-0.39, 0.29) is 18.1 Å². The highest BCUT2D eigenvalue weighted by Gasteiger charge is 2.43. The van der Waals surface area contributed by atoms with E-state index in [1.165, 1.54) is 5.57 Å². The van der Waals surface area contributed by atoms with Crippen molar-refractivity contribution in [2.24, 2.45) is 17.3 Å². The van der Waals surface area contributed by atoms with Crippen molar-refractivity contribution >= 4 is 29.2 Å². The minimum Gasteiger partial charge on any atom is -0.457 e. The van der Waals surface area contributed by atoms with Gasteiger partial charge in [-0.25, -0.2) is 4.98 Å². The number of rotatable bonds is 4. The fourth-order valence-corrected chi connectivity index (χ4v) is 5.38. The number of cyclic esters (lactones) is 1. The summed E-state index contributed by atoms with van der Waals surface area (Å²) in [7, 11) is 0. The molecule has 1 aliphatic heterocycles. The lowest BCUT2D eigenvalue weighted by Crippen LogP contribution is -2.46. The molecule has 5 atom stereocenters. The van der Waals surface area contributed by atoms with E-state index in [9.17, 15) is 19.8 Å². The molecule has 36 heavy (non-hydrogen) atoms. The van der Waals surface area contributed by atoms with Gasteiger partial charge in [-0.15, -0.1) is 11.3 Å². The molecule has 202 valence electrons. The van der Waals surface area contributed by atoms with Crippen molar-refractivity contribution < 1.29 is 24.5 Å². The number of hydrogen-bond donors (Lipinski definition) is 2. The van der Waals surface area contributed by atoms with Crippen LogP contribution in [0.5, 0.6) is 0 Å². The summed E-state index contributed by atoms with van der Waals surface area (Å²) in [6.45, 7) is 13.3. The second-order valence-corrected chi connectivity index (χ2v) is 12.1. The Kier molecular flexibility index (Phi) is 11.5. The number of carbonyl (C=O) groups excluding carboxylic acids is 2. The molecular formula is C29H45NO5S. The molecule has 0 aromatic carbocycles. The number of thiazole rings is 1.